The van der Waals surface area contributed by atoms with Gasteiger partial charge in [-0.2, -0.15) is 0 Å². The third-order valence-electron chi connectivity index (χ3n) is 3.52. The van der Waals surface area contributed by atoms with Gasteiger partial charge in [0.25, 0.3) is 0 Å². The van der Waals surface area contributed by atoms with E-state index in [-0.39, 0.29) is 11.8 Å². The largest absolute Gasteiger partial charge is 0.299 e. The van der Waals surface area contributed by atoms with E-state index in [9.17, 15) is 4.79 Å². The summed E-state index contributed by atoms with van der Waals surface area (Å²) in [6, 6.07) is 6.57. The lowest BCUT2D eigenvalue weighted by Crippen LogP contribution is -2.26. The number of carbonyl (C=O) groups excluding carboxylic acids is 1. The van der Waals surface area contributed by atoms with Crippen molar-refractivity contribution in [3.8, 4) is 0 Å². The van der Waals surface area contributed by atoms with E-state index in [0.717, 1.165) is 12.8 Å². The lowest BCUT2D eigenvalue weighted by Gasteiger charge is -2.26. The highest BCUT2D eigenvalue weighted by Gasteiger charge is 2.29. The molecule has 0 aliphatic heterocycles. The van der Waals surface area contributed by atoms with Crippen molar-refractivity contribution in [1.29, 1.82) is 0 Å². The maximum absolute atomic E-state index is 11.8. The molecule has 2 atom stereocenters. The van der Waals surface area contributed by atoms with Gasteiger partial charge in [0.1, 0.15) is 5.78 Å². The molecule has 0 spiro atoms. The first-order valence-electron chi connectivity index (χ1n) is 5.79. The first kappa shape index (κ1) is 10.4. The maximum Gasteiger partial charge on any atom is 0.143 e. The second kappa shape index (κ2) is 3.80. The Labute approximate surface area is 91.5 Å². The first-order chi connectivity index (χ1) is 7.13. The second-order valence-corrected chi connectivity index (χ2v) is 4.62. The van der Waals surface area contributed by atoms with Gasteiger partial charge in [0.15, 0.2) is 0 Å². The van der Waals surface area contributed by atoms with Crippen LogP contribution < -0.4 is 0 Å². The molecule has 0 saturated heterocycles. The predicted octanol–water partition coefficient (Wildman–Crippen LogP) is 3.11. The summed E-state index contributed by atoms with van der Waals surface area (Å²) in [5.41, 5.74) is 4.01. The topological polar surface area (TPSA) is 17.1 Å². The van der Waals surface area contributed by atoms with Crippen molar-refractivity contribution in [2.75, 3.05) is 0 Å². The highest BCUT2D eigenvalue weighted by molar-refractivity contribution is 5.89. The number of ketones is 1. The van der Waals surface area contributed by atoms with Gasteiger partial charge in [-0.25, -0.2) is 0 Å². The van der Waals surface area contributed by atoms with E-state index in [2.05, 4.69) is 25.1 Å². The quantitative estimate of drug-likeness (QED) is 0.684. The highest BCUT2D eigenvalue weighted by atomic mass is 16.1. The molecular formula is C14H18O. The highest BCUT2D eigenvalue weighted by Crippen LogP contribution is 2.32. The van der Waals surface area contributed by atoms with Crippen molar-refractivity contribution < 1.29 is 4.79 Å². The smallest absolute Gasteiger partial charge is 0.143 e. The number of carbonyl (C=O) groups is 1. The molecule has 1 nitrogen and oxygen atoms in total. The second-order valence-electron chi connectivity index (χ2n) is 4.62. The molecule has 0 N–H and O–H groups in total. The Kier molecular flexibility index (Phi) is 2.64. The monoisotopic (exact) mass is 202 g/mol. The maximum atomic E-state index is 11.8. The fourth-order valence-electron chi connectivity index (χ4n) is 2.49. The van der Waals surface area contributed by atoms with E-state index in [1.165, 1.54) is 16.7 Å². The molecule has 0 radical (unpaired) electrons. The summed E-state index contributed by atoms with van der Waals surface area (Å²) < 4.78 is 0. The Morgan fingerprint density at radius 2 is 2.07 bits per heavy atom. The molecule has 0 fully saturated rings. The number of hydrogen-bond donors (Lipinski definition) is 0. The van der Waals surface area contributed by atoms with Crippen LogP contribution in [0.2, 0.25) is 0 Å². The molecule has 1 aromatic carbocycles. The van der Waals surface area contributed by atoms with Crippen LogP contribution in [0.3, 0.4) is 0 Å². The van der Waals surface area contributed by atoms with E-state index in [4.69, 9.17) is 0 Å². The number of hydrogen-bond acceptors (Lipinski definition) is 1. The van der Waals surface area contributed by atoms with E-state index >= 15 is 0 Å². The average Bonchev–Trinajstić information content (AvgIpc) is 2.25. The summed E-state index contributed by atoms with van der Waals surface area (Å²) >= 11 is 0. The van der Waals surface area contributed by atoms with Crippen LogP contribution in [0.25, 0.3) is 0 Å². The van der Waals surface area contributed by atoms with Gasteiger partial charge in [0.2, 0.25) is 0 Å². The molecule has 0 bridgehead atoms. The molecule has 15 heavy (non-hydrogen) atoms. The molecule has 2 rings (SSSR count). The zero-order valence-corrected chi connectivity index (χ0v) is 9.71. The lowest BCUT2D eigenvalue weighted by atomic mass is 9.77. The molecule has 0 aromatic heterocycles. The van der Waals surface area contributed by atoms with Crippen LogP contribution in [0.5, 0.6) is 0 Å². The molecule has 1 aliphatic rings. The Morgan fingerprint density at radius 3 is 2.73 bits per heavy atom. The van der Waals surface area contributed by atoms with Crippen molar-refractivity contribution in [3.05, 3.63) is 34.9 Å². The molecule has 80 valence electrons. The molecule has 1 heteroatoms. The zero-order valence-electron chi connectivity index (χ0n) is 9.71. The molecule has 0 saturated carbocycles. The molecule has 0 heterocycles. The van der Waals surface area contributed by atoms with Crippen LogP contribution in [-0.2, 0) is 17.6 Å². The van der Waals surface area contributed by atoms with Crippen LogP contribution in [0.1, 0.15) is 43.4 Å². The van der Waals surface area contributed by atoms with E-state index in [1.54, 1.807) is 0 Å². The molecular weight excluding hydrogens is 184 g/mol. The van der Waals surface area contributed by atoms with Crippen LogP contribution in [0.15, 0.2) is 18.2 Å². The minimum absolute atomic E-state index is 0.0923. The van der Waals surface area contributed by atoms with Gasteiger partial charge in [-0.3, -0.25) is 4.79 Å². The van der Waals surface area contributed by atoms with Gasteiger partial charge in [-0.05, 0) is 29.5 Å². The lowest BCUT2D eigenvalue weighted by molar-refractivity contribution is -0.124. The first-order valence-corrected chi connectivity index (χ1v) is 5.79. The number of Topliss-reactive ketones (excluding diaryl/α,β-unsaturated/α-hetero) is 1. The average molecular weight is 202 g/mol. The van der Waals surface area contributed by atoms with Crippen molar-refractivity contribution in [3.63, 3.8) is 0 Å². The summed E-state index contributed by atoms with van der Waals surface area (Å²) in [5, 5.41) is 0. The SMILES string of the molecule is CCc1ccc2c(c1)CC(C)C(=O)C2C. The van der Waals surface area contributed by atoms with Gasteiger partial charge in [-0.1, -0.05) is 39.0 Å². The molecule has 2 unspecified atom stereocenters. The predicted molar refractivity (Wildman–Crippen MR) is 62.1 cm³/mol. The van der Waals surface area contributed by atoms with Gasteiger partial charge >= 0.3 is 0 Å². The summed E-state index contributed by atoms with van der Waals surface area (Å²) in [6.45, 7) is 6.24. The van der Waals surface area contributed by atoms with Crippen LogP contribution in [-0.4, -0.2) is 5.78 Å². The third-order valence-corrected chi connectivity index (χ3v) is 3.52. The number of fused-ring (bicyclic) bond motifs is 1. The van der Waals surface area contributed by atoms with E-state index < -0.39 is 0 Å². The van der Waals surface area contributed by atoms with Crippen molar-refractivity contribution in [2.24, 2.45) is 5.92 Å². The summed E-state index contributed by atoms with van der Waals surface area (Å²) in [4.78, 5) is 11.8. The number of rotatable bonds is 1. The number of aryl methyl sites for hydroxylation is 1. The van der Waals surface area contributed by atoms with Crippen LogP contribution in [0.4, 0.5) is 0 Å². The van der Waals surface area contributed by atoms with Crippen LogP contribution in [0, 0.1) is 5.92 Å². The van der Waals surface area contributed by atoms with Crippen molar-refractivity contribution in [2.45, 2.75) is 39.5 Å². The standard InChI is InChI=1S/C14H18O/c1-4-11-5-6-13-10(3)14(15)9(2)7-12(13)8-11/h5-6,8-10H,4,7H2,1-3H3. The summed E-state index contributed by atoms with van der Waals surface area (Å²) in [7, 11) is 0. The van der Waals surface area contributed by atoms with Crippen LogP contribution >= 0.6 is 0 Å². The Hall–Kier alpha value is -1.11. The summed E-state index contributed by atoms with van der Waals surface area (Å²) in [6.07, 6.45) is 2.00. The fraction of sp³-hybridized carbons (Fsp3) is 0.500. The van der Waals surface area contributed by atoms with Gasteiger partial charge in [0, 0.05) is 11.8 Å². The molecule has 1 aromatic rings. The van der Waals surface area contributed by atoms with Gasteiger partial charge in [0.05, 0.1) is 0 Å². The number of benzene rings is 1. The third kappa shape index (κ3) is 1.71. The minimum Gasteiger partial charge on any atom is -0.299 e. The Balaban J connectivity index is 2.45. The normalized spacial score (nSPS) is 25.1. The fourth-order valence-corrected chi connectivity index (χ4v) is 2.49. The zero-order chi connectivity index (χ0) is 11.0. The minimum atomic E-state index is 0.0923. The van der Waals surface area contributed by atoms with Gasteiger partial charge < -0.3 is 0 Å². The summed E-state index contributed by atoms with van der Waals surface area (Å²) in [5.74, 6) is 0.681. The van der Waals surface area contributed by atoms with Gasteiger partial charge in [-0.15, -0.1) is 0 Å². The molecule has 0 amide bonds. The Bertz CT molecular complexity index is 392. The van der Waals surface area contributed by atoms with Crippen molar-refractivity contribution in [1.82, 2.24) is 0 Å². The van der Waals surface area contributed by atoms with Crippen molar-refractivity contribution >= 4 is 5.78 Å². The van der Waals surface area contributed by atoms with E-state index in [1.807, 2.05) is 13.8 Å². The molecule has 1 aliphatic carbocycles. The van der Waals surface area contributed by atoms with E-state index in [0.29, 0.717) is 5.78 Å². The Morgan fingerprint density at radius 1 is 1.33 bits per heavy atom.